The Morgan fingerprint density at radius 1 is 1.09 bits per heavy atom. The molecule has 0 unspecified atom stereocenters. The van der Waals surface area contributed by atoms with Gasteiger partial charge in [-0.15, -0.1) is 0 Å². The maximum absolute atomic E-state index is 9.48. The number of nitrogens with one attached hydrogen (secondary N) is 2. The van der Waals surface area contributed by atoms with E-state index in [9.17, 15) is 5.11 Å². The van der Waals surface area contributed by atoms with Gasteiger partial charge in [0.25, 0.3) is 0 Å². The number of aromatic hydroxyl groups is 1. The van der Waals surface area contributed by atoms with E-state index in [1.165, 1.54) is 6.33 Å². The van der Waals surface area contributed by atoms with Gasteiger partial charge in [0, 0.05) is 29.7 Å². The third-order valence-corrected chi connectivity index (χ3v) is 3.54. The molecule has 0 aliphatic carbocycles. The van der Waals surface area contributed by atoms with Gasteiger partial charge in [0.1, 0.15) is 12.1 Å². The van der Waals surface area contributed by atoms with Crippen molar-refractivity contribution >= 4 is 27.8 Å². The van der Waals surface area contributed by atoms with Crippen LogP contribution in [-0.4, -0.2) is 25.0 Å². The van der Waals surface area contributed by atoms with Crippen LogP contribution in [0, 0.1) is 0 Å². The lowest BCUT2D eigenvalue weighted by molar-refractivity contribution is 0.458. The molecule has 4 rings (SSSR count). The first-order chi connectivity index (χ1) is 10.8. The van der Waals surface area contributed by atoms with Gasteiger partial charge < -0.3 is 15.4 Å². The number of H-pyrrole nitrogens is 1. The molecule has 4 aromatic rings. The van der Waals surface area contributed by atoms with Crippen LogP contribution in [0.1, 0.15) is 5.56 Å². The fourth-order valence-corrected chi connectivity index (χ4v) is 2.50. The molecule has 0 spiro atoms. The quantitative estimate of drug-likeness (QED) is 0.540. The smallest absolute Gasteiger partial charge is 0.189 e. The van der Waals surface area contributed by atoms with Crippen LogP contribution in [0.5, 0.6) is 5.88 Å². The summed E-state index contributed by atoms with van der Waals surface area (Å²) in [5, 5.41) is 14.7. The summed E-state index contributed by atoms with van der Waals surface area (Å²) in [6, 6.07) is 11.5. The Bertz CT molecular complexity index is 958. The molecule has 0 saturated heterocycles. The van der Waals surface area contributed by atoms with E-state index in [4.69, 9.17) is 0 Å². The van der Waals surface area contributed by atoms with Crippen molar-refractivity contribution in [3.8, 4) is 5.88 Å². The third kappa shape index (κ3) is 2.20. The number of hydrogen-bond acceptors (Lipinski definition) is 5. The molecular weight excluding hydrogens is 278 g/mol. The van der Waals surface area contributed by atoms with Gasteiger partial charge >= 0.3 is 0 Å². The first-order valence-corrected chi connectivity index (χ1v) is 6.90. The van der Waals surface area contributed by atoms with E-state index in [1.54, 1.807) is 12.3 Å². The van der Waals surface area contributed by atoms with Crippen LogP contribution in [0.3, 0.4) is 0 Å². The number of rotatable bonds is 3. The number of fused-ring (bicyclic) bond motifs is 2. The van der Waals surface area contributed by atoms with E-state index >= 15 is 0 Å². The van der Waals surface area contributed by atoms with Gasteiger partial charge in [0.05, 0.1) is 5.39 Å². The lowest BCUT2D eigenvalue weighted by Gasteiger charge is -2.08. The monoisotopic (exact) mass is 291 g/mol. The van der Waals surface area contributed by atoms with Gasteiger partial charge in [0.15, 0.2) is 11.5 Å². The van der Waals surface area contributed by atoms with Gasteiger partial charge in [-0.25, -0.2) is 15.0 Å². The van der Waals surface area contributed by atoms with Crippen molar-refractivity contribution in [2.75, 3.05) is 5.32 Å². The molecule has 0 atom stereocenters. The maximum atomic E-state index is 9.48. The Balaban J connectivity index is 1.62. The third-order valence-electron chi connectivity index (χ3n) is 3.54. The van der Waals surface area contributed by atoms with Crippen molar-refractivity contribution in [1.29, 1.82) is 0 Å². The molecule has 108 valence electrons. The lowest BCUT2D eigenvalue weighted by Crippen LogP contribution is -2.02. The highest BCUT2D eigenvalue weighted by Crippen LogP contribution is 2.22. The average Bonchev–Trinajstić information content (AvgIpc) is 2.92. The second-order valence-electron chi connectivity index (χ2n) is 5.03. The van der Waals surface area contributed by atoms with Crippen LogP contribution in [-0.2, 0) is 6.54 Å². The number of nitrogens with zero attached hydrogens (tertiary/aromatic N) is 3. The zero-order valence-electron chi connectivity index (χ0n) is 11.6. The normalized spacial score (nSPS) is 11.1. The van der Waals surface area contributed by atoms with Crippen molar-refractivity contribution in [3.63, 3.8) is 0 Å². The van der Waals surface area contributed by atoms with Crippen LogP contribution in [0.4, 0.5) is 5.82 Å². The summed E-state index contributed by atoms with van der Waals surface area (Å²) in [6.07, 6.45) is 3.22. The predicted molar refractivity (Wildman–Crippen MR) is 84.6 cm³/mol. The summed E-state index contributed by atoms with van der Waals surface area (Å²) >= 11 is 0. The first-order valence-electron chi connectivity index (χ1n) is 6.90. The number of aromatic nitrogens is 4. The molecule has 0 radical (unpaired) electrons. The number of hydrogen-bond donors (Lipinski definition) is 3. The molecule has 3 aromatic heterocycles. The summed E-state index contributed by atoms with van der Waals surface area (Å²) in [4.78, 5) is 15.5. The topological polar surface area (TPSA) is 86.7 Å². The Morgan fingerprint density at radius 3 is 3.00 bits per heavy atom. The van der Waals surface area contributed by atoms with E-state index in [2.05, 4.69) is 25.3 Å². The Kier molecular flexibility index (Phi) is 2.86. The molecule has 0 amide bonds. The molecule has 0 saturated carbocycles. The average molecular weight is 291 g/mol. The van der Waals surface area contributed by atoms with Crippen molar-refractivity contribution in [1.82, 2.24) is 19.9 Å². The Morgan fingerprint density at radius 2 is 2.05 bits per heavy atom. The van der Waals surface area contributed by atoms with Gasteiger partial charge in [-0.2, -0.15) is 0 Å². The highest BCUT2D eigenvalue weighted by molar-refractivity contribution is 5.86. The molecule has 3 heterocycles. The van der Waals surface area contributed by atoms with Crippen LogP contribution in [0.2, 0.25) is 0 Å². The zero-order valence-corrected chi connectivity index (χ0v) is 11.6. The van der Waals surface area contributed by atoms with Crippen molar-refractivity contribution < 1.29 is 5.11 Å². The van der Waals surface area contributed by atoms with Crippen molar-refractivity contribution in [2.45, 2.75) is 6.54 Å². The van der Waals surface area contributed by atoms with Gasteiger partial charge in [0.2, 0.25) is 0 Å². The predicted octanol–water partition coefficient (Wildman–Crippen LogP) is 2.82. The van der Waals surface area contributed by atoms with Crippen LogP contribution < -0.4 is 5.32 Å². The minimum Gasteiger partial charge on any atom is -0.495 e. The number of aromatic amines is 1. The summed E-state index contributed by atoms with van der Waals surface area (Å²) < 4.78 is 0. The second-order valence-corrected chi connectivity index (χ2v) is 5.03. The van der Waals surface area contributed by atoms with Crippen molar-refractivity contribution in [3.05, 3.63) is 54.5 Å². The summed E-state index contributed by atoms with van der Waals surface area (Å²) in [5.41, 5.74) is 2.69. The van der Waals surface area contributed by atoms with Crippen LogP contribution in [0.15, 0.2) is 48.9 Å². The van der Waals surface area contributed by atoms with E-state index in [0.29, 0.717) is 12.2 Å². The summed E-state index contributed by atoms with van der Waals surface area (Å²) in [6.45, 7) is 0.628. The molecule has 3 N–H and O–H groups in total. The van der Waals surface area contributed by atoms with Crippen LogP contribution >= 0.6 is 0 Å². The molecule has 6 heteroatoms. The zero-order chi connectivity index (χ0) is 14.9. The maximum Gasteiger partial charge on any atom is 0.189 e. The van der Waals surface area contributed by atoms with Gasteiger partial charge in [-0.05, 0) is 29.8 Å². The van der Waals surface area contributed by atoms with E-state index in [-0.39, 0.29) is 5.88 Å². The van der Waals surface area contributed by atoms with Gasteiger partial charge in [-0.3, -0.25) is 0 Å². The molecular formula is C16H13N5O. The molecule has 0 bridgehead atoms. The number of benzene rings is 1. The van der Waals surface area contributed by atoms with E-state index in [0.717, 1.165) is 27.7 Å². The Labute approximate surface area is 125 Å². The highest BCUT2D eigenvalue weighted by Gasteiger charge is 2.05. The Hall–Kier alpha value is -3.15. The fourth-order valence-electron chi connectivity index (χ4n) is 2.50. The minimum absolute atomic E-state index is 0.174. The molecule has 0 aliphatic heterocycles. The molecule has 22 heavy (non-hydrogen) atoms. The standard InChI is InChI=1S/C16H13N5O/c22-14-7-11-6-10(3-4-13(11)21-14)8-18-16-12-2-1-5-17-15(12)19-9-20-16/h1-7,9,21-22H,8H2,(H,17,18,19,20). The molecule has 1 aromatic carbocycles. The van der Waals surface area contributed by atoms with E-state index in [1.807, 2.05) is 30.3 Å². The fraction of sp³-hybridized carbons (Fsp3) is 0.0625. The summed E-state index contributed by atoms with van der Waals surface area (Å²) in [7, 11) is 0. The first kappa shape index (κ1) is 12.6. The largest absolute Gasteiger partial charge is 0.495 e. The highest BCUT2D eigenvalue weighted by atomic mass is 16.3. The van der Waals surface area contributed by atoms with Crippen molar-refractivity contribution in [2.24, 2.45) is 0 Å². The number of anilines is 1. The second kappa shape index (κ2) is 5.00. The van der Waals surface area contributed by atoms with Gasteiger partial charge in [-0.1, -0.05) is 6.07 Å². The minimum atomic E-state index is 0.174. The lowest BCUT2D eigenvalue weighted by atomic mass is 10.1. The van der Waals surface area contributed by atoms with Crippen LogP contribution in [0.25, 0.3) is 21.9 Å². The molecule has 0 aliphatic rings. The molecule has 0 fully saturated rings. The SMILES string of the molecule is Oc1cc2cc(CNc3ncnc4ncccc34)ccc2[nH]1. The summed E-state index contributed by atoms with van der Waals surface area (Å²) in [5.74, 6) is 0.933. The molecule has 6 nitrogen and oxygen atoms in total. The van der Waals surface area contributed by atoms with E-state index < -0.39 is 0 Å². The number of pyridine rings is 1.